The standard InChI is InChI=1S/C20H27N3O2S.HI/c1-3-21-20(23-13-18-5-4-10-26-18)22-12-16-7-6-15(2)11-19(16)25-17-8-9-24-14-17;/h4-7,10-11,17H,3,8-9,12-14H2,1-2H3,(H2,21,22,23);1H. The van der Waals surface area contributed by atoms with Gasteiger partial charge < -0.3 is 20.1 Å². The van der Waals surface area contributed by atoms with Crippen LogP contribution in [0.5, 0.6) is 5.75 Å². The van der Waals surface area contributed by atoms with Crippen molar-refractivity contribution in [2.75, 3.05) is 19.8 Å². The van der Waals surface area contributed by atoms with Crippen LogP contribution in [-0.2, 0) is 17.8 Å². The second-order valence-corrected chi connectivity index (χ2v) is 7.37. The Hall–Kier alpha value is -1.32. The van der Waals surface area contributed by atoms with Crippen molar-refractivity contribution in [3.8, 4) is 5.75 Å². The topological polar surface area (TPSA) is 54.9 Å². The van der Waals surface area contributed by atoms with Crippen LogP contribution in [0.15, 0.2) is 40.7 Å². The molecule has 148 valence electrons. The van der Waals surface area contributed by atoms with E-state index in [1.54, 1.807) is 11.3 Å². The first-order chi connectivity index (χ1) is 12.7. The van der Waals surface area contributed by atoms with E-state index in [0.717, 1.165) is 43.4 Å². The molecule has 2 aromatic rings. The van der Waals surface area contributed by atoms with E-state index in [4.69, 9.17) is 14.5 Å². The normalized spacial score (nSPS) is 16.7. The van der Waals surface area contributed by atoms with E-state index in [-0.39, 0.29) is 30.1 Å². The molecule has 5 nitrogen and oxygen atoms in total. The van der Waals surface area contributed by atoms with Gasteiger partial charge in [-0.3, -0.25) is 0 Å². The minimum atomic E-state index is 0. The number of rotatable bonds is 7. The van der Waals surface area contributed by atoms with Crippen molar-refractivity contribution < 1.29 is 9.47 Å². The first kappa shape index (κ1) is 22.0. The summed E-state index contributed by atoms with van der Waals surface area (Å²) in [5, 5.41) is 8.77. The molecule has 0 saturated carbocycles. The number of hydrogen-bond acceptors (Lipinski definition) is 4. The summed E-state index contributed by atoms with van der Waals surface area (Å²) < 4.78 is 11.6. The van der Waals surface area contributed by atoms with Crippen LogP contribution in [0, 0.1) is 6.92 Å². The van der Waals surface area contributed by atoms with Gasteiger partial charge in [0.15, 0.2) is 5.96 Å². The molecule has 1 fully saturated rings. The summed E-state index contributed by atoms with van der Waals surface area (Å²) in [6, 6.07) is 10.5. The molecule has 0 radical (unpaired) electrons. The summed E-state index contributed by atoms with van der Waals surface area (Å²) in [6.45, 7) is 7.78. The van der Waals surface area contributed by atoms with Gasteiger partial charge in [-0.1, -0.05) is 18.2 Å². The third-order valence-electron chi connectivity index (χ3n) is 4.17. The molecule has 1 aromatic carbocycles. The van der Waals surface area contributed by atoms with Crippen molar-refractivity contribution in [2.24, 2.45) is 4.99 Å². The summed E-state index contributed by atoms with van der Waals surface area (Å²) in [5.41, 5.74) is 2.28. The van der Waals surface area contributed by atoms with E-state index in [0.29, 0.717) is 13.2 Å². The highest BCUT2D eigenvalue weighted by atomic mass is 127. The van der Waals surface area contributed by atoms with Crippen LogP contribution in [0.3, 0.4) is 0 Å². The highest BCUT2D eigenvalue weighted by Gasteiger charge is 2.18. The van der Waals surface area contributed by atoms with Crippen molar-refractivity contribution >= 4 is 41.3 Å². The van der Waals surface area contributed by atoms with Gasteiger partial charge in [-0.05, 0) is 36.9 Å². The fourth-order valence-electron chi connectivity index (χ4n) is 2.78. The lowest BCUT2D eigenvalue weighted by Gasteiger charge is -2.16. The van der Waals surface area contributed by atoms with Crippen molar-refractivity contribution in [1.82, 2.24) is 10.6 Å². The van der Waals surface area contributed by atoms with Crippen LogP contribution in [0.25, 0.3) is 0 Å². The van der Waals surface area contributed by atoms with E-state index in [9.17, 15) is 0 Å². The Bertz CT molecular complexity index is 716. The Morgan fingerprint density at radius 2 is 2.22 bits per heavy atom. The van der Waals surface area contributed by atoms with E-state index in [1.165, 1.54) is 10.4 Å². The van der Waals surface area contributed by atoms with Crippen LogP contribution in [0.4, 0.5) is 0 Å². The number of ether oxygens (including phenoxy) is 2. The molecule has 1 aliphatic heterocycles. The fraction of sp³-hybridized carbons (Fsp3) is 0.450. The zero-order valence-electron chi connectivity index (χ0n) is 15.9. The Morgan fingerprint density at radius 1 is 1.33 bits per heavy atom. The van der Waals surface area contributed by atoms with E-state index < -0.39 is 0 Å². The highest BCUT2D eigenvalue weighted by molar-refractivity contribution is 14.0. The summed E-state index contributed by atoms with van der Waals surface area (Å²) in [6.07, 6.45) is 1.09. The molecule has 2 heterocycles. The van der Waals surface area contributed by atoms with Crippen LogP contribution in [0.1, 0.15) is 29.3 Å². The summed E-state index contributed by atoms with van der Waals surface area (Å²) in [7, 11) is 0. The number of thiophene rings is 1. The zero-order valence-corrected chi connectivity index (χ0v) is 19.0. The monoisotopic (exact) mass is 501 g/mol. The minimum absolute atomic E-state index is 0. The fourth-order valence-corrected chi connectivity index (χ4v) is 3.42. The van der Waals surface area contributed by atoms with Crippen molar-refractivity contribution in [3.05, 3.63) is 51.7 Å². The lowest BCUT2D eigenvalue weighted by molar-refractivity contribution is 0.140. The minimum Gasteiger partial charge on any atom is -0.488 e. The zero-order chi connectivity index (χ0) is 18.2. The Kier molecular flexibility index (Phi) is 9.36. The van der Waals surface area contributed by atoms with Gasteiger partial charge in [0.1, 0.15) is 11.9 Å². The molecule has 0 spiro atoms. The molecule has 1 unspecified atom stereocenters. The molecule has 1 aromatic heterocycles. The molecular weight excluding hydrogens is 473 g/mol. The number of aryl methyl sites for hydroxylation is 1. The molecule has 27 heavy (non-hydrogen) atoms. The first-order valence-electron chi connectivity index (χ1n) is 9.13. The average Bonchev–Trinajstić information content (AvgIpc) is 3.32. The molecule has 1 saturated heterocycles. The molecule has 3 rings (SSSR count). The lowest BCUT2D eigenvalue weighted by atomic mass is 10.1. The van der Waals surface area contributed by atoms with E-state index in [1.807, 2.05) is 0 Å². The third-order valence-corrected chi connectivity index (χ3v) is 5.04. The maximum atomic E-state index is 6.17. The SMILES string of the molecule is CCNC(=NCc1ccc(C)cc1OC1CCOC1)NCc1cccs1.I. The van der Waals surface area contributed by atoms with Gasteiger partial charge >= 0.3 is 0 Å². The molecule has 0 amide bonds. The van der Waals surface area contributed by atoms with Crippen molar-refractivity contribution in [3.63, 3.8) is 0 Å². The van der Waals surface area contributed by atoms with Crippen molar-refractivity contribution in [2.45, 2.75) is 39.5 Å². The summed E-state index contributed by atoms with van der Waals surface area (Å²) in [5.74, 6) is 1.73. The molecule has 0 aliphatic carbocycles. The number of guanidine groups is 1. The van der Waals surface area contributed by atoms with Crippen molar-refractivity contribution in [1.29, 1.82) is 0 Å². The van der Waals surface area contributed by atoms with Gasteiger partial charge in [-0.2, -0.15) is 0 Å². The van der Waals surface area contributed by atoms with E-state index >= 15 is 0 Å². The molecule has 0 bridgehead atoms. The van der Waals surface area contributed by atoms with Crippen LogP contribution < -0.4 is 15.4 Å². The largest absolute Gasteiger partial charge is 0.488 e. The molecule has 1 atom stereocenters. The third kappa shape index (κ3) is 6.97. The van der Waals surface area contributed by atoms with Gasteiger partial charge in [-0.25, -0.2) is 4.99 Å². The predicted molar refractivity (Wildman–Crippen MR) is 122 cm³/mol. The molecular formula is C20H28IN3O2S. The van der Waals surface area contributed by atoms with Gasteiger partial charge in [0, 0.05) is 23.4 Å². The van der Waals surface area contributed by atoms with E-state index in [2.05, 4.69) is 60.2 Å². The number of aliphatic imine (C=N–C) groups is 1. The second kappa shape index (κ2) is 11.5. The number of nitrogens with zero attached hydrogens (tertiary/aromatic N) is 1. The quantitative estimate of drug-likeness (QED) is 0.341. The molecule has 7 heteroatoms. The number of hydrogen-bond donors (Lipinski definition) is 2. The lowest BCUT2D eigenvalue weighted by Crippen LogP contribution is -2.36. The number of benzene rings is 1. The maximum absolute atomic E-state index is 6.17. The van der Waals surface area contributed by atoms with Crippen LogP contribution in [-0.4, -0.2) is 31.8 Å². The summed E-state index contributed by atoms with van der Waals surface area (Å²) in [4.78, 5) is 6.02. The second-order valence-electron chi connectivity index (χ2n) is 6.34. The Balaban J connectivity index is 0.00000261. The Labute approximate surface area is 182 Å². The smallest absolute Gasteiger partial charge is 0.191 e. The predicted octanol–water partition coefficient (Wildman–Crippen LogP) is 4.10. The average molecular weight is 501 g/mol. The molecule has 2 N–H and O–H groups in total. The summed E-state index contributed by atoms with van der Waals surface area (Å²) >= 11 is 1.74. The van der Waals surface area contributed by atoms with Gasteiger partial charge in [0.25, 0.3) is 0 Å². The van der Waals surface area contributed by atoms with Gasteiger partial charge in [0.05, 0.1) is 26.3 Å². The van der Waals surface area contributed by atoms with Gasteiger partial charge in [0.2, 0.25) is 0 Å². The highest BCUT2D eigenvalue weighted by Crippen LogP contribution is 2.24. The molecule has 1 aliphatic rings. The van der Waals surface area contributed by atoms with Gasteiger partial charge in [-0.15, -0.1) is 35.3 Å². The first-order valence-corrected chi connectivity index (χ1v) is 10.0. The maximum Gasteiger partial charge on any atom is 0.191 e. The van der Waals surface area contributed by atoms with Crippen LogP contribution >= 0.6 is 35.3 Å². The number of nitrogens with one attached hydrogen (secondary N) is 2. The Morgan fingerprint density at radius 3 is 2.93 bits per heavy atom. The van der Waals surface area contributed by atoms with Crippen LogP contribution in [0.2, 0.25) is 0 Å². The number of halogens is 1.